The van der Waals surface area contributed by atoms with Crippen LogP contribution in [0.15, 0.2) is 48.5 Å². The smallest absolute Gasteiger partial charge is 0.471 e. The van der Waals surface area contributed by atoms with E-state index < -0.39 is 18.0 Å². The van der Waals surface area contributed by atoms with Gasteiger partial charge in [-0.2, -0.15) is 13.2 Å². The number of carbonyl (C=O) groups excluding carboxylic acids is 2. The molecule has 0 spiro atoms. The van der Waals surface area contributed by atoms with Crippen LogP contribution >= 0.6 is 0 Å². The summed E-state index contributed by atoms with van der Waals surface area (Å²) >= 11 is 0. The molecule has 2 aromatic rings. The van der Waals surface area contributed by atoms with Gasteiger partial charge in [0.1, 0.15) is 5.75 Å². The van der Waals surface area contributed by atoms with Crippen molar-refractivity contribution in [2.75, 3.05) is 17.2 Å². The molecule has 2 rings (SSSR count). The summed E-state index contributed by atoms with van der Waals surface area (Å²) in [6, 6.07) is 12.6. The molecule has 0 fully saturated rings. The monoisotopic (exact) mass is 366 g/mol. The number of hydrogen-bond donors (Lipinski definition) is 2. The fourth-order valence-electron chi connectivity index (χ4n) is 2.14. The van der Waals surface area contributed by atoms with E-state index in [2.05, 4.69) is 5.32 Å². The van der Waals surface area contributed by atoms with Gasteiger partial charge in [0, 0.05) is 0 Å². The molecule has 0 aliphatic carbocycles. The highest BCUT2D eigenvalue weighted by Crippen LogP contribution is 2.24. The van der Waals surface area contributed by atoms with Crippen LogP contribution in [0.2, 0.25) is 0 Å². The van der Waals surface area contributed by atoms with Gasteiger partial charge in [-0.3, -0.25) is 9.59 Å². The molecular formula is C18H17F3N2O3. The molecule has 26 heavy (non-hydrogen) atoms. The van der Waals surface area contributed by atoms with E-state index in [1.54, 1.807) is 29.6 Å². The van der Waals surface area contributed by atoms with Crippen molar-refractivity contribution in [1.29, 1.82) is 0 Å². The second-order valence-electron chi connectivity index (χ2n) is 5.30. The molecule has 2 aromatic carbocycles. The Kier molecular flexibility index (Phi) is 6.21. The second kappa shape index (κ2) is 8.37. The van der Waals surface area contributed by atoms with E-state index in [4.69, 9.17) is 4.74 Å². The molecule has 0 aliphatic rings. The van der Waals surface area contributed by atoms with Crippen molar-refractivity contribution in [2.24, 2.45) is 0 Å². The minimum Gasteiger partial charge on any atom is -0.494 e. The lowest BCUT2D eigenvalue weighted by Gasteiger charge is -2.13. The third kappa shape index (κ3) is 5.51. The normalized spacial score (nSPS) is 10.9. The zero-order valence-electron chi connectivity index (χ0n) is 13.9. The first kappa shape index (κ1) is 19.3. The topological polar surface area (TPSA) is 67.4 Å². The van der Waals surface area contributed by atoms with E-state index >= 15 is 0 Å². The number of alkyl halides is 3. The highest BCUT2D eigenvalue weighted by molar-refractivity contribution is 6.01. The average Bonchev–Trinajstić information content (AvgIpc) is 2.57. The van der Waals surface area contributed by atoms with Gasteiger partial charge in [0.05, 0.1) is 24.4 Å². The maximum Gasteiger partial charge on any atom is 0.471 e. The number of anilines is 2. The van der Waals surface area contributed by atoms with E-state index in [0.29, 0.717) is 17.9 Å². The summed E-state index contributed by atoms with van der Waals surface area (Å²) in [6.07, 6.45) is -4.99. The van der Waals surface area contributed by atoms with Crippen LogP contribution in [0.5, 0.6) is 5.75 Å². The van der Waals surface area contributed by atoms with Gasteiger partial charge in [0.2, 0.25) is 5.91 Å². The number of amides is 2. The number of carbonyl (C=O) groups is 2. The molecule has 0 radical (unpaired) electrons. The lowest BCUT2D eigenvalue weighted by molar-refractivity contribution is -0.167. The molecule has 8 heteroatoms. The standard InChI is InChI=1S/C18H17F3N2O3/c1-2-26-13-9-7-12(8-10-13)11-16(24)22-14-5-3-4-6-15(14)23-17(25)18(19,20)21/h3-10H,2,11H2,1H3,(H,22,24)(H,23,25). The minimum absolute atomic E-state index is 0.0218. The van der Waals surface area contributed by atoms with Gasteiger partial charge in [-0.25, -0.2) is 0 Å². The quantitative estimate of drug-likeness (QED) is 0.818. The number of hydrogen-bond acceptors (Lipinski definition) is 3. The van der Waals surface area contributed by atoms with Crippen molar-refractivity contribution in [3.63, 3.8) is 0 Å². The zero-order chi connectivity index (χ0) is 19.2. The van der Waals surface area contributed by atoms with Crippen molar-refractivity contribution in [3.05, 3.63) is 54.1 Å². The Morgan fingerprint density at radius 2 is 1.54 bits per heavy atom. The van der Waals surface area contributed by atoms with Gasteiger partial charge < -0.3 is 15.4 Å². The SMILES string of the molecule is CCOc1ccc(CC(=O)Nc2ccccc2NC(=O)C(F)(F)F)cc1. The third-order valence-corrected chi connectivity index (χ3v) is 3.31. The first-order valence-electron chi connectivity index (χ1n) is 7.78. The van der Waals surface area contributed by atoms with E-state index in [9.17, 15) is 22.8 Å². The fraction of sp³-hybridized carbons (Fsp3) is 0.222. The summed E-state index contributed by atoms with van der Waals surface area (Å²) < 4.78 is 42.5. The fourth-order valence-corrected chi connectivity index (χ4v) is 2.14. The Bertz CT molecular complexity index is 774. The summed E-state index contributed by atoms with van der Waals surface area (Å²) in [5.41, 5.74) is 0.665. The second-order valence-corrected chi connectivity index (χ2v) is 5.30. The van der Waals surface area contributed by atoms with Gasteiger partial charge in [0.15, 0.2) is 0 Å². The Balaban J connectivity index is 2.03. The van der Waals surface area contributed by atoms with Crippen LogP contribution in [-0.2, 0) is 16.0 Å². The van der Waals surface area contributed by atoms with E-state index in [1.807, 2.05) is 6.92 Å². The Morgan fingerprint density at radius 1 is 0.962 bits per heavy atom. The first-order valence-corrected chi connectivity index (χ1v) is 7.78. The van der Waals surface area contributed by atoms with Crippen molar-refractivity contribution < 1.29 is 27.5 Å². The van der Waals surface area contributed by atoms with Gasteiger partial charge >= 0.3 is 12.1 Å². The lowest BCUT2D eigenvalue weighted by Crippen LogP contribution is -2.30. The lowest BCUT2D eigenvalue weighted by atomic mass is 10.1. The van der Waals surface area contributed by atoms with Gasteiger partial charge in [-0.15, -0.1) is 0 Å². The van der Waals surface area contributed by atoms with Gasteiger partial charge in [0.25, 0.3) is 0 Å². The third-order valence-electron chi connectivity index (χ3n) is 3.31. The number of halogens is 3. The van der Waals surface area contributed by atoms with Crippen LogP contribution in [0, 0.1) is 0 Å². The Morgan fingerprint density at radius 3 is 2.08 bits per heavy atom. The largest absolute Gasteiger partial charge is 0.494 e. The molecule has 0 saturated heterocycles. The summed E-state index contributed by atoms with van der Waals surface area (Å²) in [4.78, 5) is 23.2. The predicted molar refractivity (Wildman–Crippen MR) is 91.1 cm³/mol. The number of ether oxygens (including phenoxy) is 1. The molecule has 5 nitrogen and oxygen atoms in total. The molecule has 138 valence electrons. The average molecular weight is 366 g/mol. The molecule has 2 amide bonds. The van der Waals surface area contributed by atoms with Crippen LogP contribution in [0.4, 0.5) is 24.5 Å². The number of nitrogens with one attached hydrogen (secondary N) is 2. The molecule has 0 aliphatic heterocycles. The first-order chi connectivity index (χ1) is 12.3. The predicted octanol–water partition coefficient (Wildman–Crippen LogP) is 3.77. The maximum absolute atomic E-state index is 12.4. The molecule has 0 heterocycles. The maximum atomic E-state index is 12.4. The van der Waals surface area contributed by atoms with Crippen LogP contribution in [-0.4, -0.2) is 24.6 Å². The summed E-state index contributed by atoms with van der Waals surface area (Å²) in [6.45, 7) is 2.39. The molecule has 2 N–H and O–H groups in total. The highest BCUT2D eigenvalue weighted by Gasteiger charge is 2.39. The molecular weight excluding hydrogens is 349 g/mol. The molecule has 0 aromatic heterocycles. The van der Waals surface area contributed by atoms with Crippen LogP contribution in [0.25, 0.3) is 0 Å². The van der Waals surface area contributed by atoms with E-state index in [1.165, 1.54) is 24.3 Å². The zero-order valence-corrected chi connectivity index (χ0v) is 13.9. The highest BCUT2D eigenvalue weighted by atomic mass is 19.4. The van der Waals surface area contributed by atoms with E-state index in [-0.39, 0.29) is 17.8 Å². The molecule has 0 bridgehead atoms. The van der Waals surface area contributed by atoms with Crippen LogP contribution < -0.4 is 15.4 Å². The number of benzene rings is 2. The van der Waals surface area contributed by atoms with Gasteiger partial charge in [-0.1, -0.05) is 24.3 Å². The minimum atomic E-state index is -5.01. The van der Waals surface area contributed by atoms with Crippen LogP contribution in [0.1, 0.15) is 12.5 Å². The van der Waals surface area contributed by atoms with Crippen molar-refractivity contribution in [2.45, 2.75) is 19.5 Å². The molecule has 0 unspecified atom stereocenters. The van der Waals surface area contributed by atoms with Crippen LogP contribution in [0.3, 0.4) is 0 Å². The summed E-state index contributed by atoms with van der Waals surface area (Å²) in [5, 5.41) is 4.25. The Labute approximate surface area is 148 Å². The number of para-hydroxylation sites is 2. The molecule has 0 saturated carbocycles. The Hall–Kier alpha value is -3.03. The summed E-state index contributed by atoms with van der Waals surface area (Å²) in [7, 11) is 0. The van der Waals surface area contributed by atoms with Gasteiger partial charge in [-0.05, 0) is 36.8 Å². The van der Waals surface area contributed by atoms with Crippen molar-refractivity contribution in [3.8, 4) is 5.75 Å². The molecule has 0 atom stereocenters. The van der Waals surface area contributed by atoms with Crippen molar-refractivity contribution in [1.82, 2.24) is 0 Å². The van der Waals surface area contributed by atoms with E-state index in [0.717, 1.165) is 0 Å². The summed E-state index contributed by atoms with van der Waals surface area (Å²) in [5.74, 6) is -1.86. The van der Waals surface area contributed by atoms with Crippen molar-refractivity contribution >= 4 is 23.2 Å². The number of rotatable bonds is 6.